The first-order chi connectivity index (χ1) is 4.91. The maximum atomic E-state index is 3.33. The molecular weight excluding hydrogens is 237 g/mol. The van der Waals surface area contributed by atoms with E-state index < -0.39 is 0 Å². The molecule has 0 aliphatic heterocycles. The van der Waals surface area contributed by atoms with Crippen LogP contribution in [0.15, 0.2) is 12.2 Å². The fourth-order valence-corrected chi connectivity index (χ4v) is 1.19. The van der Waals surface area contributed by atoms with Crippen molar-refractivity contribution in [1.82, 2.24) is 5.32 Å². The highest BCUT2D eigenvalue weighted by molar-refractivity contribution is 14.1. The summed E-state index contributed by atoms with van der Waals surface area (Å²) in [7, 11) is 0. The van der Waals surface area contributed by atoms with Crippen LogP contribution in [0.4, 0.5) is 0 Å². The number of rotatable bonds is 6. The summed E-state index contributed by atoms with van der Waals surface area (Å²) >= 11 is 2.41. The summed E-state index contributed by atoms with van der Waals surface area (Å²) in [4.78, 5) is 0. The van der Waals surface area contributed by atoms with Gasteiger partial charge in [-0.3, -0.25) is 0 Å². The van der Waals surface area contributed by atoms with E-state index in [1.54, 1.807) is 0 Å². The van der Waals surface area contributed by atoms with Crippen LogP contribution in [0.3, 0.4) is 0 Å². The van der Waals surface area contributed by atoms with E-state index in [2.05, 4.69) is 40.1 Å². The van der Waals surface area contributed by atoms with E-state index in [-0.39, 0.29) is 0 Å². The second-order valence-corrected chi connectivity index (χ2v) is 3.25. The van der Waals surface area contributed by atoms with Crippen LogP contribution < -0.4 is 5.32 Å². The summed E-state index contributed by atoms with van der Waals surface area (Å²) in [5.41, 5.74) is 0. The Morgan fingerprint density at radius 2 is 2.20 bits per heavy atom. The van der Waals surface area contributed by atoms with Gasteiger partial charge in [0.15, 0.2) is 0 Å². The lowest BCUT2D eigenvalue weighted by molar-refractivity contribution is 0.687. The standard InChI is InChI=1S/C8H16IN/c1-2-3-7-10-8-5-4-6-9/h2-3,10H,4-8H2,1H3/b3-2+. The van der Waals surface area contributed by atoms with Crippen molar-refractivity contribution < 1.29 is 0 Å². The highest BCUT2D eigenvalue weighted by Gasteiger charge is 1.83. The zero-order chi connectivity index (χ0) is 7.66. The molecule has 0 unspecified atom stereocenters. The van der Waals surface area contributed by atoms with Gasteiger partial charge >= 0.3 is 0 Å². The average molecular weight is 253 g/mol. The topological polar surface area (TPSA) is 12.0 Å². The van der Waals surface area contributed by atoms with E-state index in [0.29, 0.717) is 0 Å². The molecule has 1 N–H and O–H groups in total. The van der Waals surface area contributed by atoms with E-state index in [1.807, 2.05) is 6.92 Å². The van der Waals surface area contributed by atoms with E-state index in [1.165, 1.54) is 17.3 Å². The third kappa shape index (κ3) is 8.43. The number of hydrogen-bond acceptors (Lipinski definition) is 1. The molecule has 0 aliphatic rings. The second kappa shape index (κ2) is 9.43. The molecule has 0 atom stereocenters. The van der Waals surface area contributed by atoms with Crippen molar-refractivity contribution in [2.75, 3.05) is 17.5 Å². The van der Waals surface area contributed by atoms with Crippen molar-refractivity contribution in [2.45, 2.75) is 19.8 Å². The van der Waals surface area contributed by atoms with Gasteiger partial charge in [0, 0.05) is 6.54 Å². The Bertz CT molecular complexity index is 81.3. The summed E-state index contributed by atoms with van der Waals surface area (Å²) in [5.74, 6) is 0. The molecule has 0 rings (SSSR count). The lowest BCUT2D eigenvalue weighted by Crippen LogP contribution is -2.14. The SMILES string of the molecule is C/C=C/CNCCCCI. The summed E-state index contributed by atoms with van der Waals surface area (Å²) in [6, 6.07) is 0. The first-order valence-electron chi connectivity index (χ1n) is 3.79. The fourth-order valence-electron chi connectivity index (χ4n) is 0.648. The van der Waals surface area contributed by atoms with Gasteiger partial charge in [-0.25, -0.2) is 0 Å². The molecule has 0 aliphatic carbocycles. The van der Waals surface area contributed by atoms with Crippen LogP contribution in [0.1, 0.15) is 19.8 Å². The molecule has 10 heavy (non-hydrogen) atoms. The third-order valence-corrected chi connectivity index (χ3v) is 2.00. The molecule has 1 nitrogen and oxygen atoms in total. The maximum absolute atomic E-state index is 3.33. The highest BCUT2D eigenvalue weighted by atomic mass is 127. The van der Waals surface area contributed by atoms with Gasteiger partial charge in [0.2, 0.25) is 0 Å². The van der Waals surface area contributed by atoms with E-state index in [0.717, 1.165) is 13.1 Å². The minimum absolute atomic E-state index is 1.03. The van der Waals surface area contributed by atoms with Crippen molar-refractivity contribution in [3.63, 3.8) is 0 Å². The number of nitrogens with one attached hydrogen (secondary N) is 1. The first-order valence-corrected chi connectivity index (χ1v) is 5.32. The molecule has 0 heterocycles. The smallest absolute Gasteiger partial charge is 0.0134 e. The lowest BCUT2D eigenvalue weighted by atomic mass is 10.3. The third-order valence-electron chi connectivity index (χ3n) is 1.24. The molecule has 0 spiro atoms. The molecule has 0 aromatic heterocycles. The van der Waals surface area contributed by atoms with E-state index in [9.17, 15) is 0 Å². The van der Waals surface area contributed by atoms with Gasteiger partial charge in [-0.2, -0.15) is 0 Å². The molecule has 0 saturated heterocycles. The Kier molecular flexibility index (Phi) is 9.84. The molecule has 0 aromatic rings. The van der Waals surface area contributed by atoms with Gasteiger partial charge in [-0.05, 0) is 30.7 Å². The van der Waals surface area contributed by atoms with Gasteiger partial charge in [-0.1, -0.05) is 34.7 Å². The Hall–Kier alpha value is 0.430. The van der Waals surface area contributed by atoms with Crippen molar-refractivity contribution in [3.05, 3.63) is 12.2 Å². The predicted molar refractivity (Wildman–Crippen MR) is 55.8 cm³/mol. The van der Waals surface area contributed by atoms with Crippen molar-refractivity contribution in [3.8, 4) is 0 Å². The van der Waals surface area contributed by atoms with Crippen molar-refractivity contribution in [2.24, 2.45) is 0 Å². The van der Waals surface area contributed by atoms with Crippen LogP contribution in [-0.2, 0) is 0 Å². The molecule has 60 valence electrons. The van der Waals surface area contributed by atoms with Crippen LogP contribution in [0, 0.1) is 0 Å². The molecule has 0 fully saturated rings. The van der Waals surface area contributed by atoms with Crippen LogP contribution in [0.5, 0.6) is 0 Å². The summed E-state index contributed by atoms with van der Waals surface area (Å²) < 4.78 is 1.28. The zero-order valence-corrected chi connectivity index (χ0v) is 8.73. The normalized spacial score (nSPS) is 11.0. The van der Waals surface area contributed by atoms with Gasteiger partial charge in [0.05, 0.1) is 0 Å². The molecule has 0 radical (unpaired) electrons. The second-order valence-electron chi connectivity index (χ2n) is 2.17. The molecular formula is C8H16IN. The summed E-state index contributed by atoms with van der Waals surface area (Å²) in [5, 5.41) is 3.33. The highest BCUT2D eigenvalue weighted by Crippen LogP contribution is 1.91. The molecule has 0 amide bonds. The van der Waals surface area contributed by atoms with Crippen LogP contribution >= 0.6 is 22.6 Å². The van der Waals surface area contributed by atoms with Crippen LogP contribution in [0.2, 0.25) is 0 Å². The van der Waals surface area contributed by atoms with Crippen LogP contribution in [-0.4, -0.2) is 17.5 Å². The Balaban J connectivity index is 2.77. The number of unbranched alkanes of at least 4 members (excludes halogenated alkanes) is 1. The maximum Gasteiger partial charge on any atom is 0.0134 e. The monoisotopic (exact) mass is 253 g/mol. The van der Waals surface area contributed by atoms with Crippen molar-refractivity contribution in [1.29, 1.82) is 0 Å². The number of alkyl halides is 1. The average Bonchev–Trinajstić information content (AvgIpc) is 1.97. The minimum atomic E-state index is 1.03. The van der Waals surface area contributed by atoms with E-state index in [4.69, 9.17) is 0 Å². The first kappa shape index (κ1) is 10.4. The Labute approximate surface area is 77.4 Å². The van der Waals surface area contributed by atoms with E-state index >= 15 is 0 Å². The summed E-state index contributed by atoms with van der Waals surface area (Å²) in [6.07, 6.45) is 6.86. The predicted octanol–water partition coefficient (Wildman–Crippen LogP) is 2.37. The fraction of sp³-hybridized carbons (Fsp3) is 0.750. The minimum Gasteiger partial charge on any atom is -0.313 e. The Morgan fingerprint density at radius 3 is 2.80 bits per heavy atom. The molecule has 0 saturated carbocycles. The largest absolute Gasteiger partial charge is 0.313 e. The molecule has 2 heteroatoms. The van der Waals surface area contributed by atoms with Crippen molar-refractivity contribution >= 4 is 22.6 Å². The van der Waals surface area contributed by atoms with Crippen LogP contribution in [0.25, 0.3) is 0 Å². The molecule has 0 aromatic carbocycles. The number of halogens is 1. The quantitative estimate of drug-likeness (QED) is 0.331. The van der Waals surface area contributed by atoms with Gasteiger partial charge in [0.1, 0.15) is 0 Å². The number of hydrogen-bond donors (Lipinski definition) is 1. The zero-order valence-electron chi connectivity index (χ0n) is 6.57. The Morgan fingerprint density at radius 1 is 1.40 bits per heavy atom. The lowest BCUT2D eigenvalue weighted by Gasteiger charge is -1.98. The number of allylic oxidation sites excluding steroid dienone is 1. The van der Waals surface area contributed by atoms with Gasteiger partial charge in [-0.15, -0.1) is 0 Å². The summed E-state index contributed by atoms with van der Waals surface area (Å²) in [6.45, 7) is 4.23. The van der Waals surface area contributed by atoms with Gasteiger partial charge in [0.25, 0.3) is 0 Å². The van der Waals surface area contributed by atoms with Gasteiger partial charge < -0.3 is 5.32 Å². The molecule has 0 bridgehead atoms.